The number of nitrogens with zero attached hydrogens (tertiary/aromatic N) is 1. The van der Waals surface area contributed by atoms with E-state index in [9.17, 15) is 4.79 Å². The van der Waals surface area contributed by atoms with Crippen molar-refractivity contribution in [3.63, 3.8) is 0 Å². The van der Waals surface area contributed by atoms with Gasteiger partial charge < -0.3 is 29.7 Å². The number of methoxy groups -OCH3 is 2. The molecule has 7 nitrogen and oxygen atoms in total. The molecule has 0 spiro atoms. The fourth-order valence-corrected chi connectivity index (χ4v) is 2.32. The van der Waals surface area contributed by atoms with Gasteiger partial charge in [-0.15, -0.1) is 0 Å². The highest BCUT2D eigenvalue weighted by Gasteiger charge is 2.10. The van der Waals surface area contributed by atoms with Crippen LogP contribution < -0.4 is 29.7 Å². The number of ether oxygens (including phenoxy) is 3. The first-order valence-corrected chi connectivity index (χ1v) is 8.21. The second-order valence-corrected chi connectivity index (χ2v) is 5.66. The van der Waals surface area contributed by atoms with Gasteiger partial charge >= 0.3 is 6.03 Å². The number of nitrogens with one attached hydrogen (secondary N) is 2. The predicted molar refractivity (Wildman–Crippen MR) is 103 cm³/mol. The summed E-state index contributed by atoms with van der Waals surface area (Å²) >= 11 is 0. The molecule has 0 saturated heterocycles. The third-order valence-electron chi connectivity index (χ3n) is 3.65. The molecule has 0 aliphatic carbocycles. The van der Waals surface area contributed by atoms with Crippen molar-refractivity contribution in [3.8, 4) is 17.2 Å². The standard InChI is InChI=1S/C19H25N3O4/c1-22(2)15-10-8-14(9-11-15)21-19(23)20-12-13-26-17-7-5-6-16(24-3)18(17)25-4/h5-11H,12-13H2,1-4H3,(H2,20,21,23). The van der Waals surface area contributed by atoms with Crippen LogP contribution in [0.25, 0.3) is 0 Å². The highest BCUT2D eigenvalue weighted by Crippen LogP contribution is 2.36. The lowest BCUT2D eigenvalue weighted by atomic mass is 10.2. The second kappa shape index (κ2) is 9.41. The number of anilines is 2. The Morgan fingerprint density at radius 3 is 2.31 bits per heavy atom. The van der Waals surface area contributed by atoms with Gasteiger partial charge in [-0.25, -0.2) is 4.79 Å². The number of carbonyl (C=O) groups is 1. The Morgan fingerprint density at radius 2 is 1.69 bits per heavy atom. The van der Waals surface area contributed by atoms with Gasteiger partial charge in [0.25, 0.3) is 0 Å². The Morgan fingerprint density at radius 1 is 1.00 bits per heavy atom. The minimum atomic E-state index is -0.288. The molecule has 26 heavy (non-hydrogen) atoms. The van der Waals surface area contributed by atoms with Gasteiger partial charge in [0.15, 0.2) is 11.5 Å². The zero-order chi connectivity index (χ0) is 18.9. The molecule has 2 rings (SSSR count). The molecule has 0 radical (unpaired) electrons. The van der Waals surface area contributed by atoms with Crippen LogP contribution in [0.3, 0.4) is 0 Å². The van der Waals surface area contributed by atoms with Crippen LogP contribution in [0.15, 0.2) is 42.5 Å². The molecule has 0 unspecified atom stereocenters. The summed E-state index contributed by atoms with van der Waals surface area (Å²) in [5.74, 6) is 1.69. The quantitative estimate of drug-likeness (QED) is 0.709. The number of carbonyl (C=O) groups excluding carboxylic acids is 1. The largest absolute Gasteiger partial charge is 0.493 e. The number of benzene rings is 2. The molecule has 0 bridgehead atoms. The summed E-state index contributed by atoms with van der Waals surface area (Å²) < 4.78 is 16.2. The first-order valence-electron chi connectivity index (χ1n) is 8.21. The van der Waals surface area contributed by atoms with E-state index in [-0.39, 0.29) is 6.03 Å². The van der Waals surface area contributed by atoms with Crippen molar-refractivity contribution in [1.82, 2.24) is 5.32 Å². The number of hydrogen-bond donors (Lipinski definition) is 2. The Labute approximate surface area is 153 Å². The van der Waals surface area contributed by atoms with Crippen LogP contribution in [0, 0.1) is 0 Å². The predicted octanol–water partition coefficient (Wildman–Crippen LogP) is 2.97. The van der Waals surface area contributed by atoms with E-state index in [0.29, 0.717) is 30.4 Å². The third kappa shape index (κ3) is 5.20. The zero-order valence-electron chi connectivity index (χ0n) is 15.5. The van der Waals surface area contributed by atoms with Gasteiger partial charge in [-0.05, 0) is 36.4 Å². The minimum absolute atomic E-state index is 0.288. The van der Waals surface area contributed by atoms with Crippen molar-refractivity contribution in [2.45, 2.75) is 0 Å². The second-order valence-electron chi connectivity index (χ2n) is 5.66. The van der Waals surface area contributed by atoms with E-state index in [2.05, 4.69) is 10.6 Å². The maximum atomic E-state index is 11.9. The SMILES string of the molecule is COc1cccc(OCCNC(=O)Nc2ccc(N(C)C)cc2)c1OC. The number of hydrogen-bond acceptors (Lipinski definition) is 5. The Kier molecular flexibility index (Phi) is 6.96. The topological polar surface area (TPSA) is 72.1 Å². The summed E-state index contributed by atoms with van der Waals surface area (Å²) in [6, 6.07) is 12.7. The molecule has 2 amide bonds. The molecule has 0 heterocycles. The van der Waals surface area contributed by atoms with Crippen LogP contribution in [-0.4, -0.2) is 47.5 Å². The molecule has 0 fully saturated rings. The lowest BCUT2D eigenvalue weighted by molar-refractivity contribution is 0.245. The molecule has 2 aromatic rings. The maximum Gasteiger partial charge on any atom is 0.319 e. The van der Waals surface area contributed by atoms with E-state index in [1.54, 1.807) is 26.4 Å². The first kappa shape index (κ1) is 19.2. The fraction of sp³-hybridized carbons (Fsp3) is 0.316. The van der Waals surface area contributed by atoms with Gasteiger partial charge in [0.1, 0.15) is 6.61 Å². The van der Waals surface area contributed by atoms with E-state index < -0.39 is 0 Å². The summed E-state index contributed by atoms with van der Waals surface area (Å²) in [5.41, 5.74) is 1.79. The molecule has 2 N–H and O–H groups in total. The van der Waals surface area contributed by atoms with E-state index in [0.717, 1.165) is 11.4 Å². The molecule has 140 valence electrons. The van der Waals surface area contributed by atoms with Crippen LogP contribution in [-0.2, 0) is 0 Å². The van der Waals surface area contributed by atoms with E-state index in [1.165, 1.54) is 0 Å². The van der Waals surface area contributed by atoms with Crippen molar-refractivity contribution in [2.75, 3.05) is 51.7 Å². The Hall–Kier alpha value is -3.09. The van der Waals surface area contributed by atoms with E-state index in [4.69, 9.17) is 14.2 Å². The lowest BCUT2D eigenvalue weighted by Crippen LogP contribution is -2.32. The first-order chi connectivity index (χ1) is 12.5. The van der Waals surface area contributed by atoms with Gasteiger partial charge in [0.05, 0.1) is 20.8 Å². The molecule has 7 heteroatoms. The average molecular weight is 359 g/mol. The monoisotopic (exact) mass is 359 g/mol. The normalized spacial score (nSPS) is 10.0. The number of para-hydroxylation sites is 1. The molecule has 0 aliphatic heterocycles. The fourth-order valence-electron chi connectivity index (χ4n) is 2.32. The summed E-state index contributed by atoms with van der Waals surface area (Å²) in [5, 5.41) is 5.53. The van der Waals surface area contributed by atoms with Gasteiger partial charge in [-0.3, -0.25) is 0 Å². The van der Waals surface area contributed by atoms with Gasteiger partial charge in [0.2, 0.25) is 5.75 Å². The smallest absolute Gasteiger partial charge is 0.319 e. The van der Waals surface area contributed by atoms with Crippen LogP contribution in [0.5, 0.6) is 17.2 Å². The molecule has 0 aromatic heterocycles. The summed E-state index contributed by atoms with van der Waals surface area (Å²) in [7, 11) is 7.05. The lowest BCUT2D eigenvalue weighted by Gasteiger charge is -2.14. The number of urea groups is 1. The van der Waals surface area contributed by atoms with Crippen LogP contribution in [0.1, 0.15) is 0 Å². The molecular formula is C19H25N3O4. The van der Waals surface area contributed by atoms with E-state index >= 15 is 0 Å². The third-order valence-corrected chi connectivity index (χ3v) is 3.65. The Bertz CT molecular complexity index is 717. The van der Waals surface area contributed by atoms with E-state index in [1.807, 2.05) is 49.3 Å². The molecule has 0 atom stereocenters. The maximum absolute atomic E-state index is 11.9. The van der Waals surface area contributed by atoms with Crippen molar-refractivity contribution >= 4 is 17.4 Å². The molecule has 0 aliphatic rings. The number of rotatable bonds is 8. The number of amides is 2. The highest BCUT2D eigenvalue weighted by atomic mass is 16.5. The van der Waals surface area contributed by atoms with Crippen LogP contribution in [0.2, 0.25) is 0 Å². The Balaban J connectivity index is 1.78. The van der Waals surface area contributed by atoms with Crippen LogP contribution in [0.4, 0.5) is 16.2 Å². The average Bonchev–Trinajstić information content (AvgIpc) is 2.65. The van der Waals surface area contributed by atoms with Crippen molar-refractivity contribution in [2.24, 2.45) is 0 Å². The highest BCUT2D eigenvalue weighted by molar-refractivity contribution is 5.89. The molecule has 0 saturated carbocycles. The van der Waals surface area contributed by atoms with Gasteiger partial charge in [-0.2, -0.15) is 0 Å². The van der Waals surface area contributed by atoms with Crippen molar-refractivity contribution in [1.29, 1.82) is 0 Å². The van der Waals surface area contributed by atoms with Crippen molar-refractivity contribution in [3.05, 3.63) is 42.5 Å². The summed E-state index contributed by atoms with van der Waals surface area (Å²) in [6.07, 6.45) is 0. The summed E-state index contributed by atoms with van der Waals surface area (Å²) in [4.78, 5) is 13.9. The van der Waals surface area contributed by atoms with Gasteiger partial charge in [0, 0.05) is 25.5 Å². The molecular weight excluding hydrogens is 334 g/mol. The van der Waals surface area contributed by atoms with Gasteiger partial charge in [-0.1, -0.05) is 6.07 Å². The molecule has 2 aromatic carbocycles. The van der Waals surface area contributed by atoms with Crippen molar-refractivity contribution < 1.29 is 19.0 Å². The van der Waals surface area contributed by atoms with Crippen LogP contribution >= 0.6 is 0 Å². The minimum Gasteiger partial charge on any atom is -0.493 e. The summed E-state index contributed by atoms with van der Waals surface area (Å²) in [6.45, 7) is 0.651. The zero-order valence-corrected chi connectivity index (χ0v) is 15.5.